The molecule has 3 heterocycles. The maximum Gasteiger partial charge on any atom is 0.339 e. The number of nitrogens with zero attached hydrogens (tertiary/aromatic N) is 5. The Morgan fingerprint density at radius 2 is 1.82 bits per heavy atom. The normalized spacial score (nSPS) is 17.7. The zero-order valence-electron chi connectivity index (χ0n) is 18.5. The molecule has 1 unspecified atom stereocenters. The molecule has 33 heavy (non-hydrogen) atoms. The number of benzene rings is 2. The lowest BCUT2D eigenvalue weighted by Gasteiger charge is -2.26. The van der Waals surface area contributed by atoms with E-state index in [0.717, 1.165) is 36.6 Å². The minimum absolute atomic E-state index is 0.0574. The highest BCUT2D eigenvalue weighted by molar-refractivity contribution is 5.94. The first kappa shape index (κ1) is 21.3. The van der Waals surface area contributed by atoms with Crippen LogP contribution in [0.1, 0.15) is 47.0 Å². The van der Waals surface area contributed by atoms with Crippen molar-refractivity contribution in [3.05, 3.63) is 77.6 Å². The van der Waals surface area contributed by atoms with Gasteiger partial charge in [-0.15, -0.1) is 5.10 Å². The monoisotopic (exact) mass is 445 g/mol. The lowest BCUT2D eigenvalue weighted by Crippen LogP contribution is -2.38. The van der Waals surface area contributed by atoms with Crippen LogP contribution in [0, 0.1) is 0 Å². The molecular formula is C25H27N5O3. The highest BCUT2D eigenvalue weighted by atomic mass is 16.5. The summed E-state index contributed by atoms with van der Waals surface area (Å²) in [6.45, 7) is 3.92. The largest absolute Gasteiger partial charge is 0.453 e. The number of esters is 1. The number of amides is 1. The SMILES string of the molecule is O=C1OC(CC(=O)N(CCN2CCCC2)Cc2cn(-c3ccccc3)nn2)c2ccccc21. The summed E-state index contributed by atoms with van der Waals surface area (Å²) in [6.07, 6.45) is 3.84. The van der Waals surface area contributed by atoms with Gasteiger partial charge in [0.2, 0.25) is 5.91 Å². The van der Waals surface area contributed by atoms with E-state index in [4.69, 9.17) is 4.74 Å². The molecule has 1 atom stereocenters. The standard InChI is InChI=1S/C25H27N5O3/c31-24(16-23-21-10-4-5-11-22(21)25(32)33-23)29(15-14-28-12-6-7-13-28)17-19-18-30(27-26-19)20-8-2-1-3-9-20/h1-5,8-11,18,23H,6-7,12-17H2. The first-order valence-corrected chi connectivity index (χ1v) is 11.4. The van der Waals surface area contributed by atoms with Crippen LogP contribution in [0.3, 0.4) is 0 Å². The lowest BCUT2D eigenvalue weighted by atomic mass is 10.0. The van der Waals surface area contributed by atoms with Gasteiger partial charge in [-0.3, -0.25) is 4.79 Å². The number of aromatic nitrogens is 3. The van der Waals surface area contributed by atoms with Crippen molar-refractivity contribution in [3.63, 3.8) is 0 Å². The van der Waals surface area contributed by atoms with E-state index in [9.17, 15) is 9.59 Å². The van der Waals surface area contributed by atoms with Crippen molar-refractivity contribution in [1.82, 2.24) is 24.8 Å². The molecule has 0 saturated carbocycles. The topological polar surface area (TPSA) is 80.6 Å². The van der Waals surface area contributed by atoms with Gasteiger partial charge in [0.25, 0.3) is 0 Å². The van der Waals surface area contributed by atoms with Crippen LogP contribution in [0.25, 0.3) is 5.69 Å². The van der Waals surface area contributed by atoms with Crippen molar-refractivity contribution >= 4 is 11.9 Å². The van der Waals surface area contributed by atoms with Crippen molar-refractivity contribution in [2.24, 2.45) is 0 Å². The zero-order valence-corrected chi connectivity index (χ0v) is 18.5. The van der Waals surface area contributed by atoms with Gasteiger partial charge in [-0.1, -0.05) is 41.6 Å². The van der Waals surface area contributed by atoms with Gasteiger partial charge in [0.05, 0.1) is 30.4 Å². The first-order chi connectivity index (χ1) is 16.2. The van der Waals surface area contributed by atoms with E-state index in [1.165, 1.54) is 12.8 Å². The van der Waals surface area contributed by atoms with Gasteiger partial charge in [-0.25, -0.2) is 9.48 Å². The van der Waals surface area contributed by atoms with Gasteiger partial charge in [-0.2, -0.15) is 0 Å². The third-order valence-corrected chi connectivity index (χ3v) is 6.29. The second-order valence-corrected chi connectivity index (χ2v) is 8.54. The van der Waals surface area contributed by atoms with Crippen LogP contribution in [0.4, 0.5) is 0 Å². The van der Waals surface area contributed by atoms with E-state index in [0.29, 0.717) is 18.7 Å². The molecule has 8 heteroatoms. The molecule has 170 valence electrons. The van der Waals surface area contributed by atoms with Crippen molar-refractivity contribution in [1.29, 1.82) is 0 Å². The Morgan fingerprint density at radius 3 is 2.64 bits per heavy atom. The Kier molecular flexibility index (Phi) is 6.17. The molecular weight excluding hydrogens is 418 g/mol. The average Bonchev–Trinajstić information content (AvgIpc) is 3.59. The molecule has 0 radical (unpaired) electrons. The number of ether oxygens (including phenoxy) is 1. The maximum absolute atomic E-state index is 13.4. The molecule has 2 aliphatic rings. The van der Waals surface area contributed by atoms with E-state index in [1.54, 1.807) is 10.7 Å². The maximum atomic E-state index is 13.4. The minimum atomic E-state index is -0.546. The van der Waals surface area contributed by atoms with Crippen LogP contribution in [-0.4, -0.2) is 62.8 Å². The van der Waals surface area contributed by atoms with E-state index >= 15 is 0 Å². The fourth-order valence-corrected chi connectivity index (χ4v) is 4.49. The fourth-order valence-electron chi connectivity index (χ4n) is 4.49. The molecule has 0 N–H and O–H groups in total. The number of carbonyl (C=O) groups excluding carboxylic acids is 2. The van der Waals surface area contributed by atoms with Crippen LogP contribution >= 0.6 is 0 Å². The average molecular weight is 446 g/mol. The number of hydrogen-bond donors (Lipinski definition) is 0. The smallest absolute Gasteiger partial charge is 0.339 e. The van der Waals surface area contributed by atoms with E-state index in [2.05, 4.69) is 15.2 Å². The zero-order chi connectivity index (χ0) is 22.6. The Labute approximate surface area is 192 Å². The Morgan fingerprint density at radius 1 is 1.06 bits per heavy atom. The number of fused-ring (bicyclic) bond motifs is 1. The molecule has 1 aromatic heterocycles. The summed E-state index contributed by atoms with van der Waals surface area (Å²) in [4.78, 5) is 29.7. The Bertz CT molecular complexity index is 1120. The van der Waals surface area contributed by atoms with Gasteiger partial charge >= 0.3 is 5.97 Å². The molecule has 5 rings (SSSR count). The molecule has 2 aromatic carbocycles. The Balaban J connectivity index is 1.30. The quantitative estimate of drug-likeness (QED) is 0.496. The minimum Gasteiger partial charge on any atom is -0.453 e. The van der Waals surface area contributed by atoms with Gasteiger partial charge < -0.3 is 14.5 Å². The van der Waals surface area contributed by atoms with Crippen molar-refractivity contribution in [2.75, 3.05) is 26.2 Å². The number of carbonyl (C=O) groups is 2. The number of cyclic esters (lactones) is 1. The summed E-state index contributed by atoms with van der Waals surface area (Å²) in [5, 5.41) is 8.52. The second kappa shape index (κ2) is 9.54. The van der Waals surface area contributed by atoms with E-state index in [1.807, 2.05) is 59.6 Å². The molecule has 3 aromatic rings. The van der Waals surface area contributed by atoms with Crippen LogP contribution in [0.2, 0.25) is 0 Å². The van der Waals surface area contributed by atoms with Crippen LogP contribution < -0.4 is 0 Å². The first-order valence-electron chi connectivity index (χ1n) is 11.4. The van der Waals surface area contributed by atoms with E-state index in [-0.39, 0.29) is 18.3 Å². The molecule has 1 fully saturated rings. The summed E-state index contributed by atoms with van der Waals surface area (Å²) >= 11 is 0. The number of hydrogen-bond acceptors (Lipinski definition) is 6. The third kappa shape index (κ3) is 4.80. The van der Waals surface area contributed by atoms with Crippen LogP contribution in [-0.2, 0) is 16.1 Å². The second-order valence-electron chi connectivity index (χ2n) is 8.54. The van der Waals surface area contributed by atoms with Crippen molar-refractivity contribution < 1.29 is 14.3 Å². The summed E-state index contributed by atoms with van der Waals surface area (Å²) in [5.41, 5.74) is 2.97. The summed E-state index contributed by atoms with van der Waals surface area (Å²) in [6, 6.07) is 17.0. The summed E-state index contributed by atoms with van der Waals surface area (Å²) in [7, 11) is 0. The van der Waals surface area contributed by atoms with Crippen LogP contribution in [0.15, 0.2) is 60.8 Å². The lowest BCUT2D eigenvalue weighted by molar-refractivity contribution is -0.134. The van der Waals surface area contributed by atoms with Gasteiger partial charge in [0.15, 0.2) is 0 Å². The van der Waals surface area contributed by atoms with Gasteiger partial charge in [-0.05, 0) is 44.1 Å². The van der Waals surface area contributed by atoms with Crippen LogP contribution in [0.5, 0.6) is 0 Å². The summed E-state index contributed by atoms with van der Waals surface area (Å²) in [5.74, 6) is -0.421. The molecule has 0 bridgehead atoms. The summed E-state index contributed by atoms with van der Waals surface area (Å²) < 4.78 is 7.23. The number of likely N-dealkylation sites (tertiary alicyclic amines) is 1. The highest BCUT2D eigenvalue weighted by Gasteiger charge is 2.33. The third-order valence-electron chi connectivity index (χ3n) is 6.29. The highest BCUT2D eigenvalue weighted by Crippen LogP contribution is 2.33. The van der Waals surface area contributed by atoms with Crippen molar-refractivity contribution in [2.45, 2.75) is 31.9 Å². The Hall–Kier alpha value is -3.52. The molecule has 0 aliphatic carbocycles. The molecule has 0 spiro atoms. The number of rotatable bonds is 8. The fraction of sp³-hybridized carbons (Fsp3) is 0.360. The van der Waals surface area contributed by atoms with Gasteiger partial charge in [0.1, 0.15) is 11.8 Å². The van der Waals surface area contributed by atoms with E-state index < -0.39 is 6.10 Å². The molecule has 8 nitrogen and oxygen atoms in total. The van der Waals surface area contributed by atoms with Crippen molar-refractivity contribution in [3.8, 4) is 5.69 Å². The molecule has 1 amide bonds. The predicted octanol–water partition coefficient (Wildman–Crippen LogP) is 2.99. The molecule has 1 saturated heterocycles. The number of para-hydroxylation sites is 1. The predicted molar refractivity (Wildman–Crippen MR) is 122 cm³/mol. The molecule has 2 aliphatic heterocycles. The van der Waals surface area contributed by atoms with Gasteiger partial charge in [0, 0.05) is 18.7 Å².